The monoisotopic (exact) mass is 391 g/mol. The fraction of sp³-hybridized carbons (Fsp3) is 0.333. The molecule has 0 amide bonds. The second kappa shape index (κ2) is 7.10. The van der Waals surface area contributed by atoms with Crippen molar-refractivity contribution in [1.82, 2.24) is 25.4 Å². The van der Waals surface area contributed by atoms with E-state index in [9.17, 15) is 5.11 Å². The Morgan fingerprint density at radius 1 is 1.17 bits per heavy atom. The Morgan fingerprint density at radius 3 is 2.58 bits per heavy atom. The van der Waals surface area contributed by atoms with Crippen molar-refractivity contribution in [1.29, 1.82) is 0 Å². The van der Waals surface area contributed by atoms with Crippen molar-refractivity contribution < 1.29 is 5.11 Å². The van der Waals surface area contributed by atoms with Crippen molar-refractivity contribution >= 4 is 44.5 Å². The van der Waals surface area contributed by atoms with Crippen LogP contribution in [-0.4, -0.2) is 43.1 Å². The maximum atomic E-state index is 9.49. The zero-order valence-corrected chi connectivity index (χ0v) is 14.9. The second-order valence-electron chi connectivity index (χ2n) is 5.70. The highest BCUT2D eigenvalue weighted by atomic mass is 79.9. The van der Waals surface area contributed by atoms with Crippen LogP contribution in [0.1, 0.15) is 13.8 Å². The molecule has 0 aliphatic carbocycles. The second-order valence-corrected chi connectivity index (χ2v) is 6.62. The van der Waals surface area contributed by atoms with Crippen LogP contribution in [0.5, 0.6) is 0 Å². The largest absolute Gasteiger partial charge is 0.394 e. The number of rotatable bonds is 6. The molecule has 0 saturated heterocycles. The lowest BCUT2D eigenvalue weighted by Gasteiger charge is -2.20. The molecular weight excluding hydrogens is 374 g/mol. The zero-order chi connectivity index (χ0) is 17.1. The third kappa shape index (κ3) is 3.62. The standard InChI is InChI=1S/C15H18BrN7O/c1-8(2)11(7-24)18-15-19-13(12-14(20-15)22-23-21-12)17-10-5-3-9(16)4-6-10/h3-6,8,11,24H,7H2,1-2H3,(H3,17,18,19,20,21,22,23)/t11-/m0/s1. The van der Waals surface area contributed by atoms with Crippen LogP contribution < -0.4 is 10.6 Å². The highest BCUT2D eigenvalue weighted by Gasteiger charge is 2.16. The van der Waals surface area contributed by atoms with Crippen LogP contribution in [0.3, 0.4) is 0 Å². The van der Waals surface area contributed by atoms with Gasteiger partial charge in [-0.05, 0) is 30.2 Å². The molecule has 0 radical (unpaired) electrons. The van der Waals surface area contributed by atoms with Crippen molar-refractivity contribution in [2.24, 2.45) is 5.92 Å². The van der Waals surface area contributed by atoms with Gasteiger partial charge < -0.3 is 15.7 Å². The Labute approximate surface area is 147 Å². The highest BCUT2D eigenvalue weighted by molar-refractivity contribution is 9.10. The van der Waals surface area contributed by atoms with Crippen LogP contribution in [0, 0.1) is 5.92 Å². The summed E-state index contributed by atoms with van der Waals surface area (Å²) in [5.74, 6) is 1.16. The van der Waals surface area contributed by atoms with E-state index in [1.165, 1.54) is 0 Å². The molecule has 0 fully saturated rings. The first kappa shape index (κ1) is 16.6. The predicted octanol–water partition coefficient (Wildman–Crippen LogP) is 2.68. The van der Waals surface area contributed by atoms with Crippen LogP contribution in [-0.2, 0) is 0 Å². The maximum Gasteiger partial charge on any atom is 0.227 e. The van der Waals surface area contributed by atoms with Crippen molar-refractivity contribution in [3.05, 3.63) is 28.7 Å². The van der Waals surface area contributed by atoms with Crippen molar-refractivity contribution in [2.75, 3.05) is 17.2 Å². The number of nitrogens with one attached hydrogen (secondary N) is 3. The summed E-state index contributed by atoms with van der Waals surface area (Å²) in [6, 6.07) is 7.58. The summed E-state index contributed by atoms with van der Waals surface area (Å²) in [5, 5.41) is 26.6. The van der Waals surface area contributed by atoms with Gasteiger partial charge in [0.25, 0.3) is 0 Å². The van der Waals surface area contributed by atoms with Gasteiger partial charge in [0, 0.05) is 10.2 Å². The van der Waals surface area contributed by atoms with Gasteiger partial charge in [0.05, 0.1) is 12.6 Å². The van der Waals surface area contributed by atoms with Gasteiger partial charge in [-0.25, -0.2) is 0 Å². The average Bonchev–Trinajstić information content (AvgIpc) is 3.03. The van der Waals surface area contributed by atoms with E-state index < -0.39 is 0 Å². The van der Waals surface area contributed by atoms with Gasteiger partial charge in [-0.1, -0.05) is 29.8 Å². The molecule has 4 N–H and O–H groups in total. The first-order chi connectivity index (χ1) is 11.6. The van der Waals surface area contributed by atoms with Crippen LogP contribution in [0.4, 0.5) is 17.5 Å². The van der Waals surface area contributed by atoms with E-state index >= 15 is 0 Å². The molecule has 0 bridgehead atoms. The molecule has 2 aromatic heterocycles. The summed E-state index contributed by atoms with van der Waals surface area (Å²) in [5.41, 5.74) is 1.87. The van der Waals surface area contributed by atoms with Crippen LogP contribution >= 0.6 is 15.9 Å². The number of nitrogens with zero attached hydrogens (tertiary/aromatic N) is 4. The number of aliphatic hydroxyl groups is 1. The number of hydrogen-bond acceptors (Lipinski definition) is 7. The molecule has 24 heavy (non-hydrogen) atoms. The minimum atomic E-state index is -0.144. The normalized spacial score (nSPS) is 12.5. The summed E-state index contributed by atoms with van der Waals surface area (Å²) in [6.45, 7) is 4.03. The smallest absolute Gasteiger partial charge is 0.227 e. The molecule has 0 unspecified atom stereocenters. The number of H-pyrrole nitrogens is 1. The van der Waals surface area contributed by atoms with Gasteiger partial charge in [0.15, 0.2) is 11.3 Å². The average molecular weight is 392 g/mol. The molecule has 0 aliphatic heterocycles. The molecule has 0 spiro atoms. The minimum absolute atomic E-state index is 0.00659. The number of halogens is 1. The first-order valence-corrected chi connectivity index (χ1v) is 8.34. The lowest BCUT2D eigenvalue weighted by Crippen LogP contribution is -2.30. The Hall–Kier alpha value is -2.26. The van der Waals surface area contributed by atoms with Crippen LogP contribution in [0.15, 0.2) is 28.7 Å². The number of hydrogen-bond donors (Lipinski definition) is 4. The third-order valence-corrected chi connectivity index (χ3v) is 4.13. The number of benzene rings is 1. The Balaban J connectivity index is 1.93. The van der Waals surface area contributed by atoms with Gasteiger partial charge in [0.2, 0.25) is 11.6 Å². The van der Waals surface area contributed by atoms with E-state index in [1.807, 2.05) is 38.1 Å². The fourth-order valence-electron chi connectivity index (χ4n) is 2.16. The molecule has 2 heterocycles. The third-order valence-electron chi connectivity index (χ3n) is 3.61. The fourth-order valence-corrected chi connectivity index (χ4v) is 2.42. The zero-order valence-electron chi connectivity index (χ0n) is 13.3. The summed E-state index contributed by atoms with van der Waals surface area (Å²) in [7, 11) is 0. The summed E-state index contributed by atoms with van der Waals surface area (Å²) in [6.07, 6.45) is 0. The number of aromatic amines is 1. The predicted molar refractivity (Wildman–Crippen MR) is 96.2 cm³/mol. The molecule has 1 atom stereocenters. The van der Waals surface area contributed by atoms with E-state index in [4.69, 9.17) is 0 Å². The molecule has 9 heteroatoms. The Morgan fingerprint density at radius 2 is 1.92 bits per heavy atom. The van der Waals surface area contributed by atoms with Gasteiger partial charge in [0.1, 0.15) is 0 Å². The number of aromatic nitrogens is 5. The Kier molecular flexibility index (Phi) is 4.91. The molecule has 0 saturated carbocycles. The number of fused-ring (bicyclic) bond motifs is 1. The molecule has 3 rings (SSSR count). The van der Waals surface area contributed by atoms with Crippen molar-refractivity contribution in [2.45, 2.75) is 19.9 Å². The van der Waals surface area contributed by atoms with Crippen molar-refractivity contribution in [3.63, 3.8) is 0 Å². The number of anilines is 3. The van der Waals surface area contributed by atoms with E-state index in [0.29, 0.717) is 22.9 Å². The van der Waals surface area contributed by atoms with Gasteiger partial charge in [-0.3, -0.25) is 0 Å². The lowest BCUT2D eigenvalue weighted by molar-refractivity contribution is 0.248. The van der Waals surface area contributed by atoms with Crippen LogP contribution in [0.25, 0.3) is 11.2 Å². The molecule has 126 valence electrons. The van der Waals surface area contributed by atoms with E-state index in [0.717, 1.165) is 10.2 Å². The first-order valence-electron chi connectivity index (χ1n) is 7.55. The highest BCUT2D eigenvalue weighted by Crippen LogP contribution is 2.24. The van der Waals surface area contributed by atoms with E-state index in [1.54, 1.807) is 0 Å². The summed E-state index contributed by atoms with van der Waals surface area (Å²) in [4.78, 5) is 8.82. The molecular formula is C15H18BrN7O. The van der Waals surface area contributed by atoms with Gasteiger partial charge >= 0.3 is 0 Å². The quantitative estimate of drug-likeness (QED) is 0.510. The topological polar surface area (TPSA) is 112 Å². The van der Waals surface area contributed by atoms with Crippen molar-refractivity contribution in [3.8, 4) is 0 Å². The molecule has 0 aliphatic rings. The maximum absolute atomic E-state index is 9.49. The van der Waals surface area contributed by atoms with Gasteiger partial charge in [-0.2, -0.15) is 20.3 Å². The van der Waals surface area contributed by atoms with E-state index in [-0.39, 0.29) is 18.6 Å². The summed E-state index contributed by atoms with van der Waals surface area (Å²) < 4.78 is 0.993. The lowest BCUT2D eigenvalue weighted by atomic mass is 10.1. The molecule has 8 nitrogen and oxygen atoms in total. The molecule has 3 aromatic rings. The summed E-state index contributed by atoms with van der Waals surface area (Å²) >= 11 is 3.41. The van der Waals surface area contributed by atoms with Gasteiger partial charge in [-0.15, -0.1) is 5.10 Å². The van der Waals surface area contributed by atoms with E-state index in [2.05, 4.69) is 51.9 Å². The molecule has 1 aromatic carbocycles. The van der Waals surface area contributed by atoms with Crippen LogP contribution in [0.2, 0.25) is 0 Å². The SMILES string of the molecule is CC(C)[C@H](CO)Nc1nc(Nc2ccc(Br)cc2)c2n[nH]nc2n1. The number of aliphatic hydroxyl groups excluding tert-OH is 1. The minimum Gasteiger partial charge on any atom is -0.394 e. The Bertz CT molecular complexity index is 818.